The van der Waals surface area contributed by atoms with Crippen molar-refractivity contribution in [2.24, 2.45) is 13.0 Å². The number of nitrogens with zero attached hydrogens (tertiary/aromatic N) is 5. The average Bonchev–Trinajstić information content (AvgIpc) is 3.09. The number of carbonyl (C=O) groups is 1. The molecular weight excluding hydrogens is 346 g/mol. The number of thioether (sulfide) groups is 1. The highest BCUT2D eigenvalue weighted by Crippen LogP contribution is 2.27. The van der Waals surface area contributed by atoms with Gasteiger partial charge < -0.3 is 4.90 Å². The van der Waals surface area contributed by atoms with E-state index >= 15 is 0 Å². The van der Waals surface area contributed by atoms with Crippen molar-refractivity contribution >= 4 is 23.4 Å². The first-order valence-corrected chi connectivity index (χ1v) is 10.4. The molecule has 1 aromatic heterocycles. The molecule has 1 aliphatic carbocycles. The van der Waals surface area contributed by atoms with Crippen molar-refractivity contribution in [3.05, 3.63) is 30.3 Å². The summed E-state index contributed by atoms with van der Waals surface area (Å²) in [7, 11) is 1.83. The van der Waals surface area contributed by atoms with Crippen LogP contribution in [0.4, 0.5) is 5.69 Å². The highest BCUT2D eigenvalue weighted by atomic mass is 32.2. The van der Waals surface area contributed by atoms with E-state index in [0.29, 0.717) is 12.3 Å². The lowest BCUT2D eigenvalue weighted by Crippen LogP contribution is -2.36. The number of aromatic nitrogens is 4. The Bertz CT molecular complexity index is 684. The molecule has 0 atom stereocenters. The van der Waals surface area contributed by atoms with Gasteiger partial charge in [-0.1, -0.05) is 49.2 Å². The molecule has 0 saturated heterocycles. The van der Waals surface area contributed by atoms with Gasteiger partial charge in [-0.15, -0.1) is 5.10 Å². The van der Waals surface area contributed by atoms with Gasteiger partial charge in [-0.3, -0.25) is 4.79 Å². The molecule has 1 aromatic carbocycles. The van der Waals surface area contributed by atoms with E-state index in [1.165, 1.54) is 32.1 Å². The molecule has 0 aliphatic heterocycles. The number of para-hydroxylation sites is 1. The minimum atomic E-state index is 0.221. The van der Waals surface area contributed by atoms with Crippen LogP contribution in [0.5, 0.6) is 0 Å². The van der Waals surface area contributed by atoms with Crippen LogP contribution in [0.25, 0.3) is 0 Å². The highest BCUT2D eigenvalue weighted by molar-refractivity contribution is 7.99. The minimum Gasteiger partial charge on any atom is -0.312 e. The molecule has 0 N–H and O–H groups in total. The van der Waals surface area contributed by atoms with E-state index in [-0.39, 0.29) is 5.91 Å². The van der Waals surface area contributed by atoms with Crippen LogP contribution in [0, 0.1) is 5.92 Å². The van der Waals surface area contributed by atoms with Gasteiger partial charge in [0.25, 0.3) is 0 Å². The Labute approximate surface area is 159 Å². The lowest BCUT2D eigenvalue weighted by Gasteiger charge is -2.30. The maximum absolute atomic E-state index is 12.9. The summed E-state index contributed by atoms with van der Waals surface area (Å²) in [6, 6.07) is 10.1. The van der Waals surface area contributed by atoms with Gasteiger partial charge in [0.1, 0.15) is 0 Å². The van der Waals surface area contributed by atoms with Gasteiger partial charge in [-0.2, -0.15) is 0 Å². The molecule has 7 heteroatoms. The van der Waals surface area contributed by atoms with Crippen molar-refractivity contribution in [1.29, 1.82) is 0 Å². The standard InChI is InChI=1S/C19H27N5OS/c1-23-19(20-21-22-23)26-14-8-13-18(25)24(17-11-6-3-7-12-17)15-16-9-4-2-5-10-16/h3,6-7,11-12,16H,2,4-5,8-10,13-15H2,1H3. The third-order valence-corrected chi connectivity index (χ3v) is 5.98. The molecule has 26 heavy (non-hydrogen) atoms. The molecule has 0 spiro atoms. The Morgan fingerprint density at radius 2 is 2.00 bits per heavy atom. The number of rotatable bonds is 8. The molecule has 1 saturated carbocycles. The number of amides is 1. The number of anilines is 1. The third-order valence-electron chi connectivity index (χ3n) is 4.88. The molecule has 1 amide bonds. The molecule has 1 fully saturated rings. The first-order chi connectivity index (χ1) is 12.7. The van der Waals surface area contributed by atoms with Gasteiger partial charge in [0.15, 0.2) is 0 Å². The van der Waals surface area contributed by atoms with Gasteiger partial charge in [0.2, 0.25) is 11.1 Å². The largest absolute Gasteiger partial charge is 0.312 e. The zero-order valence-corrected chi connectivity index (χ0v) is 16.2. The normalized spacial score (nSPS) is 15.1. The summed E-state index contributed by atoms with van der Waals surface area (Å²) >= 11 is 1.60. The van der Waals surface area contributed by atoms with Gasteiger partial charge in [0, 0.05) is 31.5 Å². The average molecular weight is 374 g/mol. The lowest BCUT2D eigenvalue weighted by atomic mass is 9.88. The topological polar surface area (TPSA) is 63.9 Å². The predicted octanol–water partition coefficient (Wildman–Crippen LogP) is 3.70. The second-order valence-electron chi connectivity index (χ2n) is 6.88. The second kappa shape index (κ2) is 9.71. The van der Waals surface area contributed by atoms with Gasteiger partial charge in [-0.25, -0.2) is 4.68 Å². The number of aryl methyl sites for hydroxylation is 1. The van der Waals surface area contributed by atoms with Crippen molar-refractivity contribution in [2.75, 3.05) is 17.2 Å². The van der Waals surface area contributed by atoms with Crippen LogP contribution in [-0.4, -0.2) is 38.4 Å². The van der Waals surface area contributed by atoms with E-state index in [1.807, 2.05) is 42.3 Å². The smallest absolute Gasteiger partial charge is 0.227 e. The van der Waals surface area contributed by atoms with Crippen molar-refractivity contribution < 1.29 is 4.79 Å². The number of hydrogen-bond donors (Lipinski definition) is 0. The molecule has 1 aliphatic rings. The Balaban J connectivity index is 1.54. The van der Waals surface area contributed by atoms with Crippen LogP contribution in [0.2, 0.25) is 0 Å². The maximum Gasteiger partial charge on any atom is 0.227 e. The molecule has 0 unspecified atom stereocenters. The number of carbonyl (C=O) groups excluding carboxylic acids is 1. The van der Waals surface area contributed by atoms with E-state index in [1.54, 1.807) is 16.4 Å². The lowest BCUT2D eigenvalue weighted by molar-refractivity contribution is -0.118. The first-order valence-electron chi connectivity index (χ1n) is 9.44. The maximum atomic E-state index is 12.9. The van der Waals surface area contributed by atoms with E-state index < -0.39 is 0 Å². The molecule has 2 aromatic rings. The summed E-state index contributed by atoms with van der Waals surface area (Å²) < 4.78 is 1.66. The fraction of sp³-hybridized carbons (Fsp3) is 0.579. The van der Waals surface area contributed by atoms with Crippen molar-refractivity contribution in [2.45, 2.75) is 50.1 Å². The summed E-state index contributed by atoms with van der Waals surface area (Å²) in [4.78, 5) is 14.9. The van der Waals surface area contributed by atoms with Crippen LogP contribution >= 0.6 is 11.8 Å². The van der Waals surface area contributed by atoms with Crippen LogP contribution in [0.15, 0.2) is 35.5 Å². The Morgan fingerprint density at radius 1 is 1.23 bits per heavy atom. The monoisotopic (exact) mass is 373 g/mol. The van der Waals surface area contributed by atoms with Crippen LogP contribution in [-0.2, 0) is 11.8 Å². The number of hydrogen-bond acceptors (Lipinski definition) is 5. The zero-order chi connectivity index (χ0) is 18.2. The molecule has 3 rings (SSSR count). The van der Waals surface area contributed by atoms with Crippen molar-refractivity contribution in [3.63, 3.8) is 0 Å². The van der Waals surface area contributed by atoms with Gasteiger partial charge >= 0.3 is 0 Å². The van der Waals surface area contributed by atoms with E-state index in [0.717, 1.165) is 29.6 Å². The highest BCUT2D eigenvalue weighted by Gasteiger charge is 2.22. The van der Waals surface area contributed by atoms with Crippen LogP contribution < -0.4 is 4.90 Å². The molecule has 140 valence electrons. The first kappa shape index (κ1) is 18.9. The number of tetrazole rings is 1. The van der Waals surface area contributed by atoms with Crippen molar-refractivity contribution in [3.8, 4) is 0 Å². The summed E-state index contributed by atoms with van der Waals surface area (Å²) in [5.74, 6) is 1.69. The molecule has 1 heterocycles. The van der Waals surface area contributed by atoms with Gasteiger partial charge in [-0.05, 0) is 47.7 Å². The molecule has 0 bridgehead atoms. The van der Waals surface area contributed by atoms with E-state index in [4.69, 9.17) is 0 Å². The fourth-order valence-corrected chi connectivity index (χ4v) is 4.24. The van der Waals surface area contributed by atoms with Crippen molar-refractivity contribution in [1.82, 2.24) is 20.2 Å². The fourth-order valence-electron chi connectivity index (χ4n) is 3.45. The number of benzene rings is 1. The Hall–Kier alpha value is -1.89. The SMILES string of the molecule is Cn1nnnc1SCCCC(=O)N(CC1CCCCC1)c1ccccc1. The van der Waals surface area contributed by atoms with Crippen LogP contribution in [0.1, 0.15) is 44.9 Å². The third kappa shape index (κ3) is 5.30. The molecule has 0 radical (unpaired) electrons. The quantitative estimate of drug-likeness (QED) is 0.521. The zero-order valence-electron chi connectivity index (χ0n) is 15.4. The summed E-state index contributed by atoms with van der Waals surface area (Å²) in [6.45, 7) is 0.850. The Kier molecular flexibility index (Phi) is 7.05. The van der Waals surface area contributed by atoms with E-state index in [9.17, 15) is 4.79 Å². The molecule has 6 nitrogen and oxygen atoms in total. The summed E-state index contributed by atoms with van der Waals surface area (Å²) in [6.07, 6.45) is 7.79. The van der Waals surface area contributed by atoms with Crippen LogP contribution in [0.3, 0.4) is 0 Å². The predicted molar refractivity (Wildman–Crippen MR) is 104 cm³/mol. The minimum absolute atomic E-state index is 0.221. The summed E-state index contributed by atoms with van der Waals surface area (Å²) in [5.41, 5.74) is 1.02. The van der Waals surface area contributed by atoms with Gasteiger partial charge in [0.05, 0.1) is 0 Å². The second-order valence-corrected chi connectivity index (χ2v) is 7.94. The van der Waals surface area contributed by atoms with E-state index in [2.05, 4.69) is 15.5 Å². The summed E-state index contributed by atoms with van der Waals surface area (Å²) in [5, 5.41) is 12.2. The molecular formula is C19H27N5OS. The Morgan fingerprint density at radius 3 is 2.69 bits per heavy atom.